The lowest BCUT2D eigenvalue weighted by molar-refractivity contribution is 0.0797. The molecule has 25 heavy (non-hydrogen) atoms. The fourth-order valence-corrected chi connectivity index (χ4v) is 3.02. The summed E-state index contributed by atoms with van der Waals surface area (Å²) in [5, 5.41) is 2.93. The van der Waals surface area contributed by atoms with Gasteiger partial charge < -0.3 is 19.4 Å². The van der Waals surface area contributed by atoms with Crippen molar-refractivity contribution >= 4 is 27.9 Å². The van der Waals surface area contributed by atoms with Gasteiger partial charge in [-0.2, -0.15) is 0 Å². The molecule has 1 saturated heterocycles. The maximum atomic E-state index is 12.1. The third-order valence-electron chi connectivity index (χ3n) is 4.09. The molecule has 1 N–H and O–H groups in total. The molecule has 0 spiro atoms. The average molecular weight is 407 g/mol. The summed E-state index contributed by atoms with van der Waals surface area (Å²) in [6, 6.07) is 12.9. The molecule has 0 saturated carbocycles. The van der Waals surface area contributed by atoms with Crippen LogP contribution in [0.5, 0.6) is 0 Å². The Morgan fingerprint density at radius 1 is 1.16 bits per heavy atom. The quantitative estimate of drug-likeness (QED) is 0.841. The van der Waals surface area contributed by atoms with Crippen LogP contribution in [0.25, 0.3) is 0 Å². The molecule has 1 fully saturated rings. The number of amides is 2. The van der Waals surface area contributed by atoms with Crippen molar-refractivity contribution in [2.75, 3.05) is 13.1 Å². The summed E-state index contributed by atoms with van der Waals surface area (Å²) >= 11 is 3.18. The first-order chi connectivity index (χ1) is 12.1. The molecule has 0 unspecified atom stereocenters. The summed E-state index contributed by atoms with van der Waals surface area (Å²) in [4.78, 5) is 25.9. The van der Waals surface area contributed by atoms with E-state index in [-0.39, 0.29) is 30.4 Å². The summed E-state index contributed by atoms with van der Waals surface area (Å²) in [6.45, 7) is 1.38. The van der Waals surface area contributed by atoms with Gasteiger partial charge in [-0.15, -0.1) is 0 Å². The number of hydrogen-bond acceptors (Lipinski definition) is 4. The highest BCUT2D eigenvalue weighted by molar-refractivity contribution is 9.10. The number of ether oxygens (including phenoxy) is 1. The van der Waals surface area contributed by atoms with E-state index in [9.17, 15) is 9.59 Å². The van der Waals surface area contributed by atoms with E-state index in [0.717, 1.165) is 5.56 Å². The van der Waals surface area contributed by atoms with E-state index in [4.69, 9.17) is 9.15 Å². The molecule has 132 valence electrons. The lowest BCUT2D eigenvalue weighted by Crippen LogP contribution is -2.46. The van der Waals surface area contributed by atoms with Crippen LogP contribution >= 0.6 is 15.9 Å². The summed E-state index contributed by atoms with van der Waals surface area (Å²) in [5.41, 5.74) is 0.961. The summed E-state index contributed by atoms with van der Waals surface area (Å²) in [6.07, 6.45) is 1.06. The van der Waals surface area contributed by atoms with Crippen LogP contribution in [0.4, 0.5) is 4.79 Å². The van der Waals surface area contributed by atoms with E-state index in [2.05, 4.69) is 21.2 Å². The molecular weight excluding hydrogens is 388 g/mol. The number of nitrogens with zero attached hydrogens (tertiary/aromatic N) is 1. The SMILES string of the molecule is O=C(NC1CCN(C(=O)OCc2ccccc2)CC1)c1ccc(Br)o1. The average Bonchev–Trinajstić information content (AvgIpc) is 3.08. The Morgan fingerprint density at radius 2 is 1.88 bits per heavy atom. The van der Waals surface area contributed by atoms with Gasteiger partial charge in [-0.1, -0.05) is 30.3 Å². The third kappa shape index (κ3) is 4.85. The highest BCUT2D eigenvalue weighted by Gasteiger charge is 2.25. The van der Waals surface area contributed by atoms with Gasteiger partial charge in [0.2, 0.25) is 0 Å². The molecule has 0 radical (unpaired) electrons. The van der Waals surface area contributed by atoms with Gasteiger partial charge in [-0.25, -0.2) is 4.79 Å². The van der Waals surface area contributed by atoms with Crippen molar-refractivity contribution in [1.29, 1.82) is 0 Å². The topological polar surface area (TPSA) is 71.8 Å². The maximum absolute atomic E-state index is 12.1. The lowest BCUT2D eigenvalue weighted by atomic mass is 10.1. The Labute approximate surface area is 154 Å². The normalized spacial score (nSPS) is 15.0. The Hall–Kier alpha value is -2.28. The number of carbonyl (C=O) groups is 2. The van der Waals surface area contributed by atoms with Gasteiger partial charge in [0.05, 0.1) is 0 Å². The first-order valence-electron chi connectivity index (χ1n) is 8.13. The molecule has 6 nitrogen and oxygen atoms in total. The fraction of sp³-hybridized carbons (Fsp3) is 0.333. The van der Waals surface area contributed by atoms with Gasteiger partial charge in [-0.3, -0.25) is 4.79 Å². The third-order valence-corrected chi connectivity index (χ3v) is 4.52. The van der Waals surface area contributed by atoms with Crippen molar-refractivity contribution in [3.8, 4) is 0 Å². The molecule has 7 heteroatoms. The van der Waals surface area contributed by atoms with E-state index in [1.165, 1.54) is 0 Å². The number of piperidine rings is 1. The summed E-state index contributed by atoms with van der Waals surface area (Å²) in [7, 11) is 0. The van der Waals surface area contributed by atoms with Gasteiger partial charge in [0.15, 0.2) is 10.4 Å². The van der Waals surface area contributed by atoms with E-state index in [0.29, 0.717) is 30.6 Å². The Morgan fingerprint density at radius 3 is 2.52 bits per heavy atom. The molecule has 2 aromatic rings. The number of likely N-dealkylation sites (tertiary alicyclic amines) is 1. The largest absolute Gasteiger partial charge is 0.445 e. The van der Waals surface area contributed by atoms with E-state index in [1.54, 1.807) is 17.0 Å². The van der Waals surface area contributed by atoms with Crippen LogP contribution in [0, 0.1) is 0 Å². The van der Waals surface area contributed by atoms with Crippen molar-refractivity contribution in [2.45, 2.75) is 25.5 Å². The number of benzene rings is 1. The van der Waals surface area contributed by atoms with E-state index < -0.39 is 0 Å². The van der Waals surface area contributed by atoms with Crippen molar-refractivity contribution in [1.82, 2.24) is 10.2 Å². The molecule has 2 heterocycles. The van der Waals surface area contributed by atoms with Gasteiger partial charge in [0, 0.05) is 19.1 Å². The molecule has 1 aromatic carbocycles. The minimum Gasteiger partial charge on any atom is -0.445 e. The molecule has 1 aromatic heterocycles. The summed E-state index contributed by atoms with van der Waals surface area (Å²) < 4.78 is 11.1. The van der Waals surface area contributed by atoms with Gasteiger partial charge >= 0.3 is 6.09 Å². The van der Waals surface area contributed by atoms with Crippen molar-refractivity contribution in [3.05, 3.63) is 58.5 Å². The second-order valence-electron chi connectivity index (χ2n) is 5.88. The summed E-state index contributed by atoms with van der Waals surface area (Å²) in [5.74, 6) is 0.0346. The number of nitrogens with one attached hydrogen (secondary N) is 1. The zero-order valence-electron chi connectivity index (χ0n) is 13.6. The molecule has 1 aliphatic rings. The van der Waals surface area contributed by atoms with Crippen LogP contribution in [0.15, 0.2) is 51.6 Å². The highest BCUT2D eigenvalue weighted by Crippen LogP contribution is 2.16. The second-order valence-corrected chi connectivity index (χ2v) is 6.66. The fourth-order valence-electron chi connectivity index (χ4n) is 2.71. The van der Waals surface area contributed by atoms with Crippen LogP contribution in [0.1, 0.15) is 29.0 Å². The molecule has 0 bridgehead atoms. The van der Waals surface area contributed by atoms with Gasteiger partial charge in [-0.05, 0) is 46.5 Å². The number of hydrogen-bond donors (Lipinski definition) is 1. The van der Waals surface area contributed by atoms with Crippen LogP contribution in [0.2, 0.25) is 0 Å². The van der Waals surface area contributed by atoms with E-state index >= 15 is 0 Å². The standard InChI is InChI=1S/C18H19BrN2O4/c19-16-7-6-15(25-16)17(22)20-14-8-10-21(11-9-14)18(23)24-12-13-4-2-1-3-5-13/h1-7,14H,8-12H2,(H,20,22). The smallest absolute Gasteiger partial charge is 0.410 e. The zero-order valence-corrected chi connectivity index (χ0v) is 15.2. The van der Waals surface area contributed by atoms with Crippen molar-refractivity contribution in [2.24, 2.45) is 0 Å². The predicted molar refractivity (Wildman–Crippen MR) is 95.1 cm³/mol. The minimum absolute atomic E-state index is 0.0227. The Kier molecular flexibility index (Phi) is 5.75. The predicted octanol–water partition coefficient (Wildman–Crippen LogP) is 3.57. The molecule has 3 rings (SSSR count). The number of furan rings is 1. The monoisotopic (exact) mass is 406 g/mol. The number of rotatable bonds is 4. The zero-order chi connectivity index (χ0) is 17.6. The van der Waals surface area contributed by atoms with Crippen molar-refractivity contribution in [3.63, 3.8) is 0 Å². The molecule has 1 aliphatic heterocycles. The molecular formula is C18H19BrN2O4. The molecule has 2 amide bonds. The van der Waals surface area contributed by atoms with E-state index in [1.807, 2.05) is 30.3 Å². The van der Waals surface area contributed by atoms with Gasteiger partial charge in [0.25, 0.3) is 5.91 Å². The first-order valence-corrected chi connectivity index (χ1v) is 8.93. The first kappa shape index (κ1) is 17.5. The number of carbonyl (C=O) groups excluding carboxylic acids is 2. The number of halogens is 1. The molecule has 0 atom stereocenters. The van der Waals surface area contributed by atoms with Crippen LogP contribution in [-0.4, -0.2) is 36.0 Å². The van der Waals surface area contributed by atoms with Crippen LogP contribution in [0.3, 0.4) is 0 Å². The maximum Gasteiger partial charge on any atom is 0.410 e. The minimum atomic E-state index is -0.316. The Bertz CT molecular complexity index is 724. The van der Waals surface area contributed by atoms with Gasteiger partial charge in [0.1, 0.15) is 6.61 Å². The van der Waals surface area contributed by atoms with Crippen molar-refractivity contribution < 1.29 is 18.7 Å². The van der Waals surface area contributed by atoms with Crippen LogP contribution < -0.4 is 5.32 Å². The van der Waals surface area contributed by atoms with Crippen LogP contribution in [-0.2, 0) is 11.3 Å². The lowest BCUT2D eigenvalue weighted by Gasteiger charge is -2.31. The molecule has 0 aliphatic carbocycles. The second kappa shape index (κ2) is 8.20. The Balaban J connectivity index is 1.42. The highest BCUT2D eigenvalue weighted by atomic mass is 79.9.